The molecule has 0 aromatic carbocycles. The van der Waals surface area contributed by atoms with E-state index in [2.05, 4.69) is 10.7 Å². The van der Waals surface area contributed by atoms with Crippen LogP contribution in [0.15, 0.2) is 17.5 Å². The van der Waals surface area contributed by atoms with Gasteiger partial charge in [-0.3, -0.25) is 5.84 Å². The van der Waals surface area contributed by atoms with Crippen molar-refractivity contribution in [1.82, 2.24) is 5.43 Å². The van der Waals surface area contributed by atoms with Gasteiger partial charge in [-0.1, -0.05) is 0 Å². The predicted molar refractivity (Wildman–Crippen MR) is 40.1 cm³/mol. The Morgan fingerprint density at radius 1 is 1.67 bits per heavy atom. The van der Waals surface area contributed by atoms with E-state index < -0.39 is 0 Å². The van der Waals surface area contributed by atoms with E-state index in [-0.39, 0.29) is 0 Å². The monoisotopic (exact) mass is 143 g/mol. The summed E-state index contributed by atoms with van der Waals surface area (Å²) < 4.78 is 0. The lowest BCUT2D eigenvalue weighted by atomic mass is 10.6. The first-order valence-corrected chi connectivity index (χ1v) is 3.52. The number of anilines is 1. The highest BCUT2D eigenvalue weighted by molar-refractivity contribution is 7.14. The third-order valence-corrected chi connectivity index (χ3v) is 1.71. The van der Waals surface area contributed by atoms with E-state index >= 15 is 0 Å². The summed E-state index contributed by atoms with van der Waals surface area (Å²) in [7, 11) is 0. The first-order chi connectivity index (χ1) is 4.43. The number of thiophene rings is 1. The summed E-state index contributed by atoms with van der Waals surface area (Å²) in [6.45, 7) is 0.612. The summed E-state index contributed by atoms with van der Waals surface area (Å²) in [5.74, 6) is 5.04. The summed E-state index contributed by atoms with van der Waals surface area (Å²) in [5.41, 5.74) is 2.50. The Bertz CT molecular complexity index is 149. The van der Waals surface area contributed by atoms with E-state index in [1.54, 1.807) is 11.3 Å². The minimum atomic E-state index is 0.612. The van der Waals surface area contributed by atoms with Gasteiger partial charge in [0.2, 0.25) is 0 Å². The molecule has 4 N–H and O–H groups in total. The number of hydrogen-bond acceptors (Lipinski definition) is 4. The highest BCUT2D eigenvalue weighted by Crippen LogP contribution is 2.13. The summed E-state index contributed by atoms with van der Waals surface area (Å²) in [6, 6.07) is 3.99. The van der Waals surface area contributed by atoms with Gasteiger partial charge in [0, 0.05) is 0 Å². The van der Waals surface area contributed by atoms with Gasteiger partial charge >= 0.3 is 0 Å². The maximum absolute atomic E-state index is 5.04. The van der Waals surface area contributed by atoms with E-state index in [0.29, 0.717) is 6.67 Å². The highest BCUT2D eigenvalue weighted by atomic mass is 32.1. The smallest absolute Gasteiger partial charge is 0.0892 e. The van der Waals surface area contributed by atoms with Crippen molar-refractivity contribution in [2.45, 2.75) is 0 Å². The van der Waals surface area contributed by atoms with E-state index in [1.807, 2.05) is 17.5 Å². The normalized spacial score (nSPS) is 9.44. The highest BCUT2D eigenvalue weighted by Gasteiger charge is 1.86. The number of nitrogens with two attached hydrogens (primary N) is 1. The fourth-order valence-electron chi connectivity index (χ4n) is 0.517. The van der Waals surface area contributed by atoms with Crippen LogP contribution in [0.5, 0.6) is 0 Å². The van der Waals surface area contributed by atoms with Crippen molar-refractivity contribution >= 4 is 16.3 Å². The van der Waals surface area contributed by atoms with E-state index in [0.717, 1.165) is 5.00 Å². The first kappa shape index (κ1) is 6.54. The van der Waals surface area contributed by atoms with E-state index in [1.165, 1.54) is 0 Å². The van der Waals surface area contributed by atoms with Crippen LogP contribution in [0.2, 0.25) is 0 Å². The molecular weight excluding hydrogens is 134 g/mol. The molecule has 0 aliphatic heterocycles. The Morgan fingerprint density at radius 2 is 2.56 bits per heavy atom. The van der Waals surface area contributed by atoms with Gasteiger partial charge in [-0.25, -0.2) is 5.43 Å². The molecule has 0 radical (unpaired) electrons. The van der Waals surface area contributed by atoms with Crippen molar-refractivity contribution in [2.75, 3.05) is 12.0 Å². The van der Waals surface area contributed by atoms with Crippen LogP contribution in [-0.4, -0.2) is 6.67 Å². The largest absolute Gasteiger partial charge is 0.363 e. The zero-order chi connectivity index (χ0) is 6.53. The number of rotatable bonds is 3. The van der Waals surface area contributed by atoms with Crippen LogP contribution in [0.4, 0.5) is 5.00 Å². The molecule has 0 saturated heterocycles. The number of hydrazine groups is 1. The third kappa shape index (κ3) is 2.01. The lowest BCUT2D eigenvalue weighted by Gasteiger charge is -1.98. The maximum Gasteiger partial charge on any atom is 0.0892 e. The molecule has 1 heterocycles. The Hall–Kier alpha value is -0.580. The molecule has 0 bridgehead atoms. The second kappa shape index (κ2) is 3.45. The van der Waals surface area contributed by atoms with Crippen LogP contribution < -0.4 is 16.6 Å². The van der Waals surface area contributed by atoms with Gasteiger partial charge in [0.25, 0.3) is 0 Å². The molecule has 0 saturated carbocycles. The van der Waals surface area contributed by atoms with Gasteiger partial charge in [0.1, 0.15) is 0 Å². The van der Waals surface area contributed by atoms with Crippen molar-refractivity contribution in [2.24, 2.45) is 5.84 Å². The zero-order valence-electron chi connectivity index (χ0n) is 4.92. The molecule has 0 aliphatic carbocycles. The summed E-state index contributed by atoms with van der Waals surface area (Å²) in [5, 5.41) is 6.20. The summed E-state index contributed by atoms with van der Waals surface area (Å²) in [4.78, 5) is 0. The van der Waals surface area contributed by atoms with Crippen LogP contribution in [-0.2, 0) is 0 Å². The fraction of sp³-hybridized carbons (Fsp3) is 0.200. The van der Waals surface area contributed by atoms with E-state index in [4.69, 9.17) is 5.84 Å². The maximum atomic E-state index is 5.04. The van der Waals surface area contributed by atoms with Gasteiger partial charge in [-0.15, -0.1) is 11.3 Å². The lowest BCUT2D eigenvalue weighted by Crippen LogP contribution is -2.27. The van der Waals surface area contributed by atoms with Crippen LogP contribution in [0.25, 0.3) is 0 Å². The topological polar surface area (TPSA) is 50.1 Å². The summed E-state index contributed by atoms with van der Waals surface area (Å²) in [6.07, 6.45) is 0. The molecule has 4 heteroatoms. The Kier molecular flexibility index (Phi) is 2.50. The SMILES string of the molecule is NNCNc1cccs1. The third-order valence-electron chi connectivity index (χ3n) is 0.886. The van der Waals surface area contributed by atoms with Gasteiger partial charge in [-0.2, -0.15) is 0 Å². The van der Waals surface area contributed by atoms with Crippen molar-refractivity contribution in [3.05, 3.63) is 17.5 Å². The molecule has 0 amide bonds. The Labute approximate surface area is 57.8 Å². The molecule has 3 nitrogen and oxygen atoms in total. The molecule has 0 unspecified atom stereocenters. The molecule has 0 spiro atoms. The quantitative estimate of drug-likeness (QED) is 0.329. The van der Waals surface area contributed by atoms with Crippen LogP contribution in [0.1, 0.15) is 0 Å². The second-order valence-electron chi connectivity index (χ2n) is 1.53. The summed E-state index contributed by atoms with van der Waals surface area (Å²) >= 11 is 1.66. The second-order valence-corrected chi connectivity index (χ2v) is 2.48. The van der Waals surface area contributed by atoms with Gasteiger partial charge < -0.3 is 5.32 Å². The number of nitrogens with one attached hydrogen (secondary N) is 2. The van der Waals surface area contributed by atoms with Gasteiger partial charge in [-0.05, 0) is 17.5 Å². The molecule has 0 atom stereocenters. The predicted octanol–water partition coefficient (Wildman–Crippen LogP) is 0.581. The van der Waals surface area contributed by atoms with Crippen LogP contribution in [0.3, 0.4) is 0 Å². The lowest BCUT2D eigenvalue weighted by molar-refractivity contribution is 0.792. The van der Waals surface area contributed by atoms with Gasteiger partial charge in [0.05, 0.1) is 11.7 Å². The van der Waals surface area contributed by atoms with Gasteiger partial charge in [0.15, 0.2) is 0 Å². The minimum absolute atomic E-state index is 0.612. The molecule has 50 valence electrons. The molecule has 1 rings (SSSR count). The van der Waals surface area contributed by atoms with Crippen LogP contribution >= 0.6 is 11.3 Å². The fourth-order valence-corrected chi connectivity index (χ4v) is 1.13. The van der Waals surface area contributed by atoms with Crippen LogP contribution in [0, 0.1) is 0 Å². The van der Waals surface area contributed by atoms with Crippen molar-refractivity contribution < 1.29 is 0 Å². The molecule has 0 aliphatic rings. The number of hydrogen-bond donors (Lipinski definition) is 3. The Morgan fingerprint density at radius 3 is 3.11 bits per heavy atom. The Balaban J connectivity index is 2.30. The molecule has 1 aromatic heterocycles. The molecule has 9 heavy (non-hydrogen) atoms. The van der Waals surface area contributed by atoms with Crippen molar-refractivity contribution in [3.8, 4) is 0 Å². The zero-order valence-corrected chi connectivity index (χ0v) is 5.74. The standard InChI is InChI=1S/C5H9N3S/c6-8-4-7-5-2-1-3-9-5/h1-3,7-8H,4,6H2. The van der Waals surface area contributed by atoms with Crippen molar-refractivity contribution in [3.63, 3.8) is 0 Å². The van der Waals surface area contributed by atoms with Crippen molar-refractivity contribution in [1.29, 1.82) is 0 Å². The van der Waals surface area contributed by atoms with E-state index in [9.17, 15) is 0 Å². The minimum Gasteiger partial charge on any atom is -0.363 e. The molecule has 0 fully saturated rings. The first-order valence-electron chi connectivity index (χ1n) is 2.64. The average molecular weight is 143 g/mol. The molecule has 1 aromatic rings. The molecular formula is C5H9N3S. The average Bonchev–Trinajstić information content (AvgIpc) is 2.34.